The number of hydrogen-bond donors (Lipinski definition) is 1. The number of amides is 1. The summed E-state index contributed by atoms with van der Waals surface area (Å²) in [5, 5.41) is 8.37. The predicted molar refractivity (Wildman–Crippen MR) is 111 cm³/mol. The third-order valence-corrected chi connectivity index (χ3v) is 4.75. The highest BCUT2D eigenvalue weighted by Crippen LogP contribution is 2.29. The second-order valence-corrected chi connectivity index (χ2v) is 7.46. The van der Waals surface area contributed by atoms with Crippen LogP contribution in [0.3, 0.4) is 0 Å². The Labute approximate surface area is 187 Å². The van der Waals surface area contributed by atoms with Crippen molar-refractivity contribution in [1.29, 1.82) is 0 Å². The third kappa shape index (κ3) is 6.28. The summed E-state index contributed by atoms with van der Waals surface area (Å²) < 4.78 is 42.0. The zero-order valence-corrected chi connectivity index (χ0v) is 17.9. The minimum absolute atomic E-state index is 0.213. The molecule has 1 amide bonds. The SMILES string of the molecule is CC(CN(C)OCc1ccccc1Cl)NC(=O)c1ccc(-c2noc(C(F)(F)F)n2)cc1. The lowest BCUT2D eigenvalue weighted by Crippen LogP contribution is -2.40. The fourth-order valence-electron chi connectivity index (χ4n) is 2.81. The molecular formula is C21H20ClF3N4O3. The van der Waals surface area contributed by atoms with Gasteiger partial charge in [-0.15, -0.1) is 0 Å². The van der Waals surface area contributed by atoms with Gasteiger partial charge in [0.25, 0.3) is 5.91 Å². The molecule has 170 valence electrons. The van der Waals surface area contributed by atoms with E-state index in [4.69, 9.17) is 16.4 Å². The van der Waals surface area contributed by atoms with Crippen LogP contribution in [0, 0.1) is 0 Å². The minimum Gasteiger partial charge on any atom is -0.348 e. The number of rotatable bonds is 8. The second-order valence-electron chi connectivity index (χ2n) is 7.05. The molecule has 3 aromatic rings. The Hall–Kier alpha value is -2.95. The molecule has 0 aliphatic heterocycles. The summed E-state index contributed by atoms with van der Waals surface area (Å²) in [6.45, 7) is 2.53. The molecule has 1 aromatic heterocycles. The maximum absolute atomic E-state index is 12.6. The van der Waals surface area contributed by atoms with Gasteiger partial charge in [0.05, 0.1) is 6.61 Å². The van der Waals surface area contributed by atoms with E-state index in [-0.39, 0.29) is 17.8 Å². The molecule has 0 saturated carbocycles. The fourth-order valence-corrected chi connectivity index (χ4v) is 3.00. The van der Waals surface area contributed by atoms with Crippen LogP contribution < -0.4 is 5.32 Å². The molecule has 0 radical (unpaired) electrons. The van der Waals surface area contributed by atoms with Crippen LogP contribution >= 0.6 is 11.6 Å². The highest BCUT2D eigenvalue weighted by Gasteiger charge is 2.38. The Morgan fingerprint density at radius 1 is 1.22 bits per heavy atom. The number of carbonyl (C=O) groups is 1. The molecule has 1 N–H and O–H groups in total. The largest absolute Gasteiger partial charge is 0.471 e. The molecule has 0 bridgehead atoms. The van der Waals surface area contributed by atoms with E-state index >= 15 is 0 Å². The van der Waals surface area contributed by atoms with Gasteiger partial charge in [-0.25, -0.2) is 0 Å². The van der Waals surface area contributed by atoms with Crippen molar-refractivity contribution >= 4 is 17.5 Å². The Kier molecular flexibility index (Phi) is 7.49. The maximum Gasteiger partial charge on any atom is 0.471 e. The second kappa shape index (κ2) is 10.1. The average molecular weight is 469 g/mol. The van der Waals surface area contributed by atoms with Crippen molar-refractivity contribution in [3.05, 3.63) is 70.6 Å². The lowest BCUT2D eigenvalue weighted by molar-refractivity contribution is -0.159. The van der Waals surface area contributed by atoms with E-state index in [9.17, 15) is 18.0 Å². The first-order chi connectivity index (χ1) is 15.1. The Morgan fingerprint density at radius 3 is 2.53 bits per heavy atom. The zero-order chi connectivity index (χ0) is 23.3. The number of halogens is 4. The lowest BCUT2D eigenvalue weighted by Gasteiger charge is -2.22. The summed E-state index contributed by atoms with van der Waals surface area (Å²) >= 11 is 6.10. The van der Waals surface area contributed by atoms with Gasteiger partial charge in [-0.1, -0.05) is 47.1 Å². The Bertz CT molecular complexity index is 1060. The summed E-state index contributed by atoms with van der Waals surface area (Å²) in [7, 11) is 1.74. The van der Waals surface area contributed by atoms with Crippen LogP contribution in [0.1, 0.15) is 28.7 Å². The number of hydrogen-bond acceptors (Lipinski definition) is 6. The van der Waals surface area contributed by atoms with Crippen molar-refractivity contribution < 1.29 is 27.3 Å². The third-order valence-electron chi connectivity index (χ3n) is 4.38. The van der Waals surface area contributed by atoms with Crippen LogP contribution in [0.15, 0.2) is 53.1 Å². The van der Waals surface area contributed by atoms with Crippen LogP contribution in [-0.4, -0.2) is 40.7 Å². The molecule has 7 nitrogen and oxygen atoms in total. The van der Waals surface area contributed by atoms with Crippen molar-refractivity contribution in [2.75, 3.05) is 13.6 Å². The molecule has 0 fully saturated rings. The van der Waals surface area contributed by atoms with Crippen LogP contribution in [-0.2, 0) is 17.6 Å². The van der Waals surface area contributed by atoms with E-state index in [2.05, 4.69) is 20.0 Å². The van der Waals surface area contributed by atoms with E-state index in [0.717, 1.165) is 5.56 Å². The van der Waals surface area contributed by atoms with Crippen LogP contribution in [0.4, 0.5) is 13.2 Å². The molecule has 2 aromatic carbocycles. The first kappa shape index (κ1) is 23.7. The van der Waals surface area contributed by atoms with Crippen molar-refractivity contribution in [2.45, 2.75) is 25.7 Å². The van der Waals surface area contributed by atoms with Crippen molar-refractivity contribution in [2.24, 2.45) is 0 Å². The molecule has 0 aliphatic carbocycles. The average Bonchev–Trinajstić information content (AvgIpc) is 3.24. The van der Waals surface area contributed by atoms with Gasteiger partial charge < -0.3 is 9.84 Å². The number of alkyl halides is 3. The minimum atomic E-state index is -4.72. The molecule has 0 saturated heterocycles. The highest BCUT2D eigenvalue weighted by molar-refractivity contribution is 6.31. The molecule has 11 heteroatoms. The van der Waals surface area contributed by atoms with Gasteiger partial charge in [-0.2, -0.15) is 23.2 Å². The van der Waals surface area contributed by atoms with Gasteiger partial charge in [0.1, 0.15) is 0 Å². The van der Waals surface area contributed by atoms with E-state index in [1.165, 1.54) is 24.3 Å². The van der Waals surface area contributed by atoms with E-state index in [0.29, 0.717) is 29.3 Å². The van der Waals surface area contributed by atoms with Gasteiger partial charge in [-0.05, 0) is 30.7 Å². The van der Waals surface area contributed by atoms with Crippen LogP contribution in [0.5, 0.6) is 0 Å². The molecule has 1 unspecified atom stereocenters. The van der Waals surface area contributed by atoms with E-state index in [1.54, 1.807) is 18.2 Å². The monoisotopic (exact) mass is 468 g/mol. The number of aromatic nitrogens is 2. The van der Waals surface area contributed by atoms with E-state index < -0.39 is 12.1 Å². The summed E-state index contributed by atoms with van der Waals surface area (Å²) in [6.07, 6.45) is -4.72. The standard InChI is InChI=1S/C21H20ClF3N4O3/c1-13(11-29(2)31-12-16-5-3-4-6-17(16)22)26-19(30)15-9-7-14(8-10-15)18-27-20(32-28-18)21(23,24)25/h3-10,13H,11-12H2,1-2H3,(H,26,30). The quantitative estimate of drug-likeness (QED) is 0.487. The number of nitrogens with one attached hydrogen (secondary N) is 1. The van der Waals surface area contributed by atoms with Gasteiger partial charge in [0.2, 0.25) is 5.82 Å². The Balaban J connectivity index is 1.51. The summed E-state index contributed by atoms with van der Waals surface area (Å²) in [5.74, 6) is -1.98. The number of carbonyl (C=O) groups excluding carboxylic acids is 1. The van der Waals surface area contributed by atoms with Crippen LogP contribution in [0.25, 0.3) is 11.4 Å². The predicted octanol–water partition coefficient (Wildman–Crippen LogP) is 4.59. The topological polar surface area (TPSA) is 80.5 Å². The molecule has 3 rings (SSSR count). The van der Waals surface area contributed by atoms with Crippen molar-refractivity contribution in [1.82, 2.24) is 20.5 Å². The molecule has 0 aliphatic rings. The van der Waals surface area contributed by atoms with E-state index in [1.807, 2.05) is 25.1 Å². The van der Waals surface area contributed by atoms with Gasteiger partial charge in [-0.3, -0.25) is 9.63 Å². The normalized spacial score (nSPS) is 12.7. The van der Waals surface area contributed by atoms with Gasteiger partial charge in [0, 0.05) is 35.8 Å². The molecule has 1 atom stereocenters. The number of nitrogens with zero attached hydrogens (tertiary/aromatic N) is 3. The molecular weight excluding hydrogens is 449 g/mol. The number of benzene rings is 2. The first-order valence-corrected chi connectivity index (χ1v) is 9.91. The summed E-state index contributed by atoms with van der Waals surface area (Å²) in [5.41, 5.74) is 1.48. The Morgan fingerprint density at radius 2 is 1.91 bits per heavy atom. The molecule has 32 heavy (non-hydrogen) atoms. The number of hydroxylamine groups is 2. The molecule has 0 spiro atoms. The van der Waals surface area contributed by atoms with Gasteiger partial charge in [0.15, 0.2) is 0 Å². The fraction of sp³-hybridized carbons (Fsp3) is 0.286. The first-order valence-electron chi connectivity index (χ1n) is 9.53. The lowest BCUT2D eigenvalue weighted by atomic mass is 10.1. The number of likely N-dealkylation sites (N-methyl/N-ethyl adjacent to an activating group) is 1. The zero-order valence-electron chi connectivity index (χ0n) is 17.2. The van der Waals surface area contributed by atoms with Crippen LogP contribution in [0.2, 0.25) is 5.02 Å². The molecule has 1 heterocycles. The van der Waals surface area contributed by atoms with Crippen molar-refractivity contribution in [3.8, 4) is 11.4 Å². The summed E-state index contributed by atoms with van der Waals surface area (Å²) in [6, 6.07) is 12.9. The van der Waals surface area contributed by atoms with Crippen molar-refractivity contribution in [3.63, 3.8) is 0 Å². The smallest absolute Gasteiger partial charge is 0.348 e. The highest BCUT2D eigenvalue weighted by atomic mass is 35.5. The summed E-state index contributed by atoms with van der Waals surface area (Å²) in [4.78, 5) is 21.4. The van der Waals surface area contributed by atoms with Gasteiger partial charge >= 0.3 is 12.1 Å². The maximum atomic E-state index is 12.6.